The second-order valence-corrected chi connectivity index (χ2v) is 6.58. The van der Waals surface area contributed by atoms with Gasteiger partial charge < -0.3 is 30.2 Å². The Morgan fingerprint density at radius 2 is 1.92 bits per heavy atom. The number of likely N-dealkylation sites (N-methyl/N-ethyl adjacent to an activating group) is 1. The van der Waals surface area contributed by atoms with Crippen molar-refractivity contribution in [3.05, 3.63) is 18.2 Å². The minimum absolute atomic E-state index is 0.0134. The summed E-state index contributed by atoms with van der Waals surface area (Å²) in [6, 6.07) is 5.65. The van der Waals surface area contributed by atoms with Crippen molar-refractivity contribution in [2.75, 3.05) is 52.4 Å². The van der Waals surface area contributed by atoms with Crippen molar-refractivity contribution in [1.82, 2.24) is 4.90 Å². The number of ether oxygens (including phenoxy) is 3. The Balaban J connectivity index is 2.12. The van der Waals surface area contributed by atoms with Gasteiger partial charge in [0.1, 0.15) is 11.5 Å². The van der Waals surface area contributed by atoms with E-state index in [9.17, 15) is 0 Å². The molecular weight excluding hydrogens is 332 g/mol. The summed E-state index contributed by atoms with van der Waals surface area (Å²) in [4.78, 5) is 6.83. The van der Waals surface area contributed by atoms with Crippen LogP contribution in [0.4, 0.5) is 5.69 Å². The molecule has 0 atom stereocenters. The van der Waals surface area contributed by atoms with Crippen molar-refractivity contribution in [3.8, 4) is 11.5 Å². The number of aliphatic imine (C=N–C) groups is 1. The van der Waals surface area contributed by atoms with E-state index < -0.39 is 0 Å². The predicted octanol–water partition coefficient (Wildman–Crippen LogP) is 2.32. The maximum Gasteiger partial charge on any atom is 0.193 e. The van der Waals surface area contributed by atoms with Gasteiger partial charge in [-0.3, -0.25) is 4.99 Å². The van der Waals surface area contributed by atoms with Crippen molar-refractivity contribution in [1.29, 1.82) is 0 Å². The Kier molecular flexibility index (Phi) is 7.53. The summed E-state index contributed by atoms with van der Waals surface area (Å²) in [6.45, 7) is 7.21. The summed E-state index contributed by atoms with van der Waals surface area (Å²) in [5.41, 5.74) is 6.90. The van der Waals surface area contributed by atoms with Gasteiger partial charge in [0.25, 0.3) is 0 Å². The molecule has 1 heterocycles. The van der Waals surface area contributed by atoms with Crippen LogP contribution in [0, 0.1) is 0 Å². The number of nitrogens with two attached hydrogens (primary N) is 1. The summed E-state index contributed by atoms with van der Waals surface area (Å²) in [6.07, 6.45) is 1.89. The molecule has 7 nitrogen and oxygen atoms in total. The van der Waals surface area contributed by atoms with Crippen LogP contribution in [0.25, 0.3) is 0 Å². The molecule has 1 aromatic rings. The van der Waals surface area contributed by atoms with Crippen molar-refractivity contribution in [3.63, 3.8) is 0 Å². The van der Waals surface area contributed by atoms with Gasteiger partial charge in [0.05, 0.1) is 25.4 Å². The first-order chi connectivity index (χ1) is 12.5. The minimum atomic E-state index is -0.0134. The summed E-state index contributed by atoms with van der Waals surface area (Å²) in [7, 11) is 4.17. The van der Waals surface area contributed by atoms with Crippen LogP contribution >= 0.6 is 0 Å². The molecule has 3 N–H and O–H groups in total. The highest BCUT2D eigenvalue weighted by Gasteiger charge is 2.34. The standard InChI is InChI=1S/C19H32N4O3/c1-5-25-15-7-8-17(26-6-2)16(13-15)22-18(20)21-14-19(23(3)4)9-11-24-12-10-19/h7-8,13H,5-6,9-12,14H2,1-4H3,(H3,20,21,22). The third-order valence-corrected chi connectivity index (χ3v) is 4.74. The molecule has 0 aliphatic carbocycles. The van der Waals surface area contributed by atoms with Crippen LogP contribution in [-0.4, -0.2) is 63.5 Å². The zero-order valence-corrected chi connectivity index (χ0v) is 16.4. The van der Waals surface area contributed by atoms with Crippen LogP contribution in [0.1, 0.15) is 26.7 Å². The van der Waals surface area contributed by atoms with Crippen LogP contribution in [0.2, 0.25) is 0 Å². The zero-order chi connectivity index (χ0) is 19.0. The second-order valence-electron chi connectivity index (χ2n) is 6.58. The van der Waals surface area contributed by atoms with Gasteiger partial charge in [-0.2, -0.15) is 0 Å². The minimum Gasteiger partial charge on any atom is -0.494 e. The van der Waals surface area contributed by atoms with E-state index in [0.29, 0.717) is 25.7 Å². The van der Waals surface area contributed by atoms with E-state index in [0.717, 1.165) is 43.2 Å². The third-order valence-electron chi connectivity index (χ3n) is 4.74. The lowest BCUT2D eigenvalue weighted by atomic mass is 9.89. The lowest BCUT2D eigenvalue weighted by molar-refractivity contribution is -0.00249. The molecule has 0 spiro atoms. The molecule has 0 bridgehead atoms. The van der Waals surface area contributed by atoms with Crippen LogP contribution in [0.15, 0.2) is 23.2 Å². The maximum absolute atomic E-state index is 6.16. The lowest BCUT2D eigenvalue weighted by Gasteiger charge is -2.41. The second kappa shape index (κ2) is 9.64. The Morgan fingerprint density at radius 1 is 1.23 bits per heavy atom. The van der Waals surface area contributed by atoms with Gasteiger partial charge in [-0.15, -0.1) is 0 Å². The highest BCUT2D eigenvalue weighted by molar-refractivity contribution is 5.94. The summed E-state index contributed by atoms with van der Waals surface area (Å²) >= 11 is 0. The molecule has 7 heteroatoms. The van der Waals surface area contributed by atoms with E-state index in [1.165, 1.54) is 0 Å². The summed E-state index contributed by atoms with van der Waals surface area (Å²) < 4.78 is 16.7. The molecule has 26 heavy (non-hydrogen) atoms. The van der Waals surface area contributed by atoms with Gasteiger partial charge in [-0.05, 0) is 52.9 Å². The van der Waals surface area contributed by atoms with Gasteiger partial charge in [-0.25, -0.2) is 0 Å². The predicted molar refractivity (Wildman–Crippen MR) is 105 cm³/mol. The quantitative estimate of drug-likeness (QED) is 0.544. The van der Waals surface area contributed by atoms with Gasteiger partial charge in [-0.1, -0.05) is 0 Å². The first kappa shape index (κ1) is 20.3. The van der Waals surface area contributed by atoms with Gasteiger partial charge in [0, 0.05) is 24.8 Å². The first-order valence-electron chi connectivity index (χ1n) is 9.22. The number of hydrogen-bond acceptors (Lipinski definition) is 5. The zero-order valence-electron chi connectivity index (χ0n) is 16.4. The average molecular weight is 364 g/mol. The number of nitrogens with zero attached hydrogens (tertiary/aromatic N) is 2. The molecule has 0 aromatic heterocycles. The van der Waals surface area contributed by atoms with E-state index >= 15 is 0 Å². The van der Waals surface area contributed by atoms with Crippen molar-refractivity contribution < 1.29 is 14.2 Å². The fourth-order valence-corrected chi connectivity index (χ4v) is 3.05. The topological polar surface area (TPSA) is 81.3 Å². The average Bonchev–Trinajstić information content (AvgIpc) is 2.63. The molecule has 146 valence electrons. The van der Waals surface area contributed by atoms with Crippen molar-refractivity contribution in [2.24, 2.45) is 10.7 Å². The van der Waals surface area contributed by atoms with Crippen LogP contribution in [-0.2, 0) is 4.74 Å². The SMILES string of the molecule is CCOc1ccc(OCC)c(NC(N)=NCC2(N(C)C)CCOCC2)c1. The van der Waals surface area contributed by atoms with E-state index in [2.05, 4.69) is 29.3 Å². The Bertz CT molecular complexity index is 598. The number of anilines is 1. The molecule has 2 rings (SSSR count). The molecule has 1 fully saturated rings. The highest BCUT2D eigenvalue weighted by atomic mass is 16.5. The molecule has 1 aliphatic heterocycles. The van der Waals surface area contributed by atoms with E-state index in [1.54, 1.807) is 0 Å². The van der Waals surface area contributed by atoms with Crippen LogP contribution in [0.3, 0.4) is 0 Å². The number of nitrogens with one attached hydrogen (secondary N) is 1. The fourth-order valence-electron chi connectivity index (χ4n) is 3.05. The molecule has 0 saturated carbocycles. The molecule has 0 unspecified atom stereocenters. The van der Waals surface area contributed by atoms with E-state index in [1.807, 2.05) is 32.0 Å². The number of guanidine groups is 1. The van der Waals surface area contributed by atoms with Crippen molar-refractivity contribution in [2.45, 2.75) is 32.2 Å². The van der Waals surface area contributed by atoms with Gasteiger partial charge in [0.2, 0.25) is 0 Å². The normalized spacial score (nSPS) is 17.2. The van der Waals surface area contributed by atoms with Crippen LogP contribution < -0.4 is 20.5 Å². The maximum atomic E-state index is 6.16. The molecule has 1 saturated heterocycles. The number of rotatable bonds is 8. The molecule has 1 aliphatic rings. The van der Waals surface area contributed by atoms with Crippen molar-refractivity contribution >= 4 is 11.6 Å². The largest absolute Gasteiger partial charge is 0.494 e. The molecule has 1 aromatic carbocycles. The van der Waals surface area contributed by atoms with E-state index in [4.69, 9.17) is 19.9 Å². The van der Waals surface area contributed by atoms with Crippen LogP contribution in [0.5, 0.6) is 11.5 Å². The van der Waals surface area contributed by atoms with E-state index in [-0.39, 0.29) is 5.54 Å². The third kappa shape index (κ3) is 5.25. The molecule has 0 amide bonds. The van der Waals surface area contributed by atoms with Gasteiger partial charge >= 0.3 is 0 Å². The Morgan fingerprint density at radius 3 is 2.54 bits per heavy atom. The highest BCUT2D eigenvalue weighted by Crippen LogP contribution is 2.30. The smallest absolute Gasteiger partial charge is 0.193 e. The fraction of sp³-hybridized carbons (Fsp3) is 0.632. The monoisotopic (exact) mass is 364 g/mol. The molecule has 0 radical (unpaired) electrons. The number of benzene rings is 1. The Labute approximate surface area is 156 Å². The molecular formula is C19H32N4O3. The summed E-state index contributed by atoms with van der Waals surface area (Å²) in [5, 5.41) is 3.16. The van der Waals surface area contributed by atoms with Gasteiger partial charge in [0.15, 0.2) is 5.96 Å². The first-order valence-corrected chi connectivity index (χ1v) is 9.22. The number of hydrogen-bond donors (Lipinski definition) is 2. The lowest BCUT2D eigenvalue weighted by Crippen LogP contribution is -2.51. The Hall–Kier alpha value is -1.99. The summed E-state index contributed by atoms with van der Waals surface area (Å²) in [5.74, 6) is 1.86.